The van der Waals surface area contributed by atoms with Gasteiger partial charge < -0.3 is 5.73 Å². The van der Waals surface area contributed by atoms with Gasteiger partial charge in [0.25, 0.3) is 0 Å². The van der Waals surface area contributed by atoms with E-state index in [4.69, 9.17) is 5.73 Å². The summed E-state index contributed by atoms with van der Waals surface area (Å²) >= 11 is 0. The third kappa shape index (κ3) is 4.07. The van der Waals surface area contributed by atoms with Crippen LogP contribution in [0.1, 0.15) is 39.2 Å². The number of nitrogens with two attached hydrogens (primary N) is 1. The van der Waals surface area contributed by atoms with Gasteiger partial charge in [0.2, 0.25) is 0 Å². The van der Waals surface area contributed by atoms with E-state index in [1.807, 2.05) is 0 Å². The molecule has 1 saturated heterocycles. The van der Waals surface area contributed by atoms with Crippen LogP contribution < -0.4 is 5.73 Å². The average molecular weight is 274 g/mol. The van der Waals surface area contributed by atoms with Gasteiger partial charge in [0.1, 0.15) is 0 Å². The zero-order valence-corrected chi connectivity index (χ0v) is 13.3. The van der Waals surface area contributed by atoms with Crippen molar-refractivity contribution in [2.24, 2.45) is 17.1 Å². The first kappa shape index (κ1) is 15.5. The van der Waals surface area contributed by atoms with Crippen LogP contribution in [0, 0.1) is 11.3 Å². The lowest BCUT2D eigenvalue weighted by Crippen LogP contribution is -2.47. The number of likely N-dealkylation sites (tertiary alicyclic amines) is 1. The molecule has 0 spiro atoms. The van der Waals surface area contributed by atoms with Crippen molar-refractivity contribution in [2.45, 2.75) is 46.1 Å². The molecule has 1 heterocycles. The average Bonchev–Trinajstić information content (AvgIpc) is 2.45. The molecule has 0 aromatic heterocycles. The highest BCUT2D eigenvalue weighted by Gasteiger charge is 2.30. The molecular weight excluding hydrogens is 244 g/mol. The van der Waals surface area contributed by atoms with Crippen molar-refractivity contribution in [2.75, 3.05) is 19.6 Å². The fourth-order valence-corrected chi connectivity index (χ4v) is 3.38. The number of hydrogen-bond acceptors (Lipinski definition) is 2. The van der Waals surface area contributed by atoms with E-state index in [0.717, 1.165) is 18.9 Å². The fraction of sp³-hybridized carbons (Fsp3) is 0.667. The normalized spacial score (nSPS) is 20.0. The first-order chi connectivity index (χ1) is 9.50. The summed E-state index contributed by atoms with van der Waals surface area (Å²) in [4.78, 5) is 2.61. The largest absolute Gasteiger partial charge is 0.329 e. The lowest BCUT2D eigenvalue weighted by atomic mass is 9.75. The van der Waals surface area contributed by atoms with Gasteiger partial charge in [-0.25, -0.2) is 0 Å². The minimum atomic E-state index is 0.448. The van der Waals surface area contributed by atoms with Gasteiger partial charge in [0.05, 0.1) is 0 Å². The standard InChI is InChI=1S/C18H30N2/c1-18(2,3)16-9-11-20(12-10-16)17(14-19)13-15-7-5-4-6-8-15/h4-8,16-17H,9-14,19H2,1-3H3. The van der Waals surface area contributed by atoms with Crippen LogP contribution in [0.25, 0.3) is 0 Å². The Morgan fingerprint density at radius 2 is 1.75 bits per heavy atom. The van der Waals surface area contributed by atoms with Crippen molar-refractivity contribution in [3.05, 3.63) is 35.9 Å². The smallest absolute Gasteiger partial charge is 0.0258 e. The third-order valence-corrected chi connectivity index (χ3v) is 4.86. The Bertz CT molecular complexity index is 386. The topological polar surface area (TPSA) is 29.3 Å². The van der Waals surface area contributed by atoms with Gasteiger partial charge in [-0.15, -0.1) is 0 Å². The van der Waals surface area contributed by atoms with E-state index in [-0.39, 0.29) is 0 Å². The van der Waals surface area contributed by atoms with Crippen molar-refractivity contribution in [1.29, 1.82) is 0 Å². The lowest BCUT2D eigenvalue weighted by molar-refractivity contribution is 0.0847. The summed E-state index contributed by atoms with van der Waals surface area (Å²) in [7, 11) is 0. The third-order valence-electron chi connectivity index (χ3n) is 4.86. The van der Waals surface area contributed by atoms with Crippen molar-refractivity contribution in [1.82, 2.24) is 4.90 Å². The molecule has 1 aromatic rings. The van der Waals surface area contributed by atoms with Gasteiger partial charge >= 0.3 is 0 Å². The minimum Gasteiger partial charge on any atom is -0.329 e. The molecule has 1 aliphatic heterocycles. The summed E-state index contributed by atoms with van der Waals surface area (Å²) in [5, 5.41) is 0. The van der Waals surface area contributed by atoms with Crippen LogP contribution >= 0.6 is 0 Å². The first-order valence-corrected chi connectivity index (χ1v) is 7.98. The molecule has 20 heavy (non-hydrogen) atoms. The minimum absolute atomic E-state index is 0.448. The van der Waals surface area contributed by atoms with Gasteiger partial charge in [-0.3, -0.25) is 4.90 Å². The summed E-state index contributed by atoms with van der Waals surface area (Å²) in [6.45, 7) is 10.3. The van der Waals surface area contributed by atoms with E-state index in [9.17, 15) is 0 Å². The van der Waals surface area contributed by atoms with E-state index < -0.39 is 0 Å². The maximum absolute atomic E-state index is 6.03. The highest BCUT2D eigenvalue weighted by molar-refractivity contribution is 5.16. The van der Waals surface area contributed by atoms with Gasteiger partial charge in [-0.05, 0) is 49.2 Å². The Morgan fingerprint density at radius 1 is 1.15 bits per heavy atom. The lowest BCUT2D eigenvalue weighted by Gasteiger charge is -2.41. The molecule has 0 radical (unpaired) electrons. The Hall–Kier alpha value is -0.860. The van der Waals surface area contributed by atoms with Gasteiger partial charge in [-0.1, -0.05) is 51.1 Å². The van der Waals surface area contributed by atoms with Crippen LogP contribution in [0.2, 0.25) is 0 Å². The number of nitrogens with zero attached hydrogens (tertiary/aromatic N) is 1. The van der Waals surface area contributed by atoms with E-state index in [1.165, 1.54) is 31.5 Å². The zero-order chi connectivity index (χ0) is 14.6. The molecule has 0 amide bonds. The van der Waals surface area contributed by atoms with Crippen molar-refractivity contribution in [3.63, 3.8) is 0 Å². The first-order valence-electron chi connectivity index (χ1n) is 7.98. The fourth-order valence-electron chi connectivity index (χ4n) is 3.38. The Kier molecular flexibility index (Phi) is 5.22. The van der Waals surface area contributed by atoms with E-state index in [2.05, 4.69) is 56.0 Å². The predicted molar refractivity (Wildman–Crippen MR) is 86.7 cm³/mol. The molecule has 112 valence electrons. The number of benzene rings is 1. The van der Waals surface area contributed by atoms with E-state index in [1.54, 1.807) is 0 Å². The Balaban J connectivity index is 1.91. The molecule has 0 saturated carbocycles. The molecule has 1 atom stereocenters. The summed E-state index contributed by atoms with van der Waals surface area (Å²) < 4.78 is 0. The molecule has 0 bridgehead atoms. The monoisotopic (exact) mass is 274 g/mol. The second-order valence-corrected chi connectivity index (χ2v) is 7.26. The Morgan fingerprint density at radius 3 is 2.25 bits per heavy atom. The number of hydrogen-bond donors (Lipinski definition) is 1. The van der Waals surface area contributed by atoms with Gasteiger partial charge in [-0.2, -0.15) is 0 Å². The van der Waals surface area contributed by atoms with Crippen LogP contribution in [0.15, 0.2) is 30.3 Å². The number of rotatable bonds is 4. The zero-order valence-electron chi connectivity index (χ0n) is 13.3. The summed E-state index contributed by atoms with van der Waals surface area (Å²) in [5.74, 6) is 0.855. The summed E-state index contributed by atoms with van der Waals surface area (Å²) in [6, 6.07) is 11.2. The highest BCUT2D eigenvalue weighted by Crippen LogP contribution is 2.34. The SMILES string of the molecule is CC(C)(C)C1CCN(C(CN)Cc2ccccc2)CC1. The molecule has 2 N–H and O–H groups in total. The van der Waals surface area contributed by atoms with Crippen molar-refractivity contribution >= 4 is 0 Å². The maximum Gasteiger partial charge on any atom is 0.0258 e. The molecule has 2 heteroatoms. The molecule has 1 aliphatic rings. The van der Waals surface area contributed by atoms with Crippen LogP contribution in [0.3, 0.4) is 0 Å². The maximum atomic E-state index is 6.03. The Labute approximate surface area is 124 Å². The predicted octanol–water partition coefficient (Wildman–Crippen LogP) is 3.31. The van der Waals surface area contributed by atoms with Gasteiger partial charge in [0.15, 0.2) is 0 Å². The van der Waals surface area contributed by atoms with Crippen molar-refractivity contribution in [3.8, 4) is 0 Å². The van der Waals surface area contributed by atoms with E-state index in [0.29, 0.717) is 11.5 Å². The molecule has 1 fully saturated rings. The second kappa shape index (κ2) is 6.73. The highest BCUT2D eigenvalue weighted by atomic mass is 15.2. The molecule has 1 unspecified atom stereocenters. The van der Waals surface area contributed by atoms with Crippen LogP contribution in [-0.2, 0) is 6.42 Å². The molecular formula is C18H30N2. The van der Waals surface area contributed by atoms with Crippen LogP contribution in [-0.4, -0.2) is 30.6 Å². The number of piperidine rings is 1. The molecule has 1 aromatic carbocycles. The van der Waals surface area contributed by atoms with Crippen LogP contribution in [0.4, 0.5) is 0 Å². The summed E-state index contributed by atoms with van der Waals surface area (Å²) in [5.41, 5.74) is 7.88. The second-order valence-electron chi connectivity index (χ2n) is 7.26. The van der Waals surface area contributed by atoms with Gasteiger partial charge in [0, 0.05) is 12.6 Å². The van der Waals surface area contributed by atoms with E-state index >= 15 is 0 Å². The quantitative estimate of drug-likeness (QED) is 0.912. The van der Waals surface area contributed by atoms with Crippen LogP contribution in [0.5, 0.6) is 0 Å². The summed E-state index contributed by atoms with van der Waals surface area (Å²) in [6.07, 6.45) is 3.71. The van der Waals surface area contributed by atoms with Crippen molar-refractivity contribution < 1.29 is 0 Å². The molecule has 0 aliphatic carbocycles. The molecule has 2 nitrogen and oxygen atoms in total. The molecule has 2 rings (SSSR count).